The first-order chi connectivity index (χ1) is 7.14. The molecule has 92 valence electrons. The van der Waals surface area contributed by atoms with Crippen molar-refractivity contribution in [1.82, 2.24) is 15.8 Å². The molecule has 0 aliphatic heterocycles. The summed E-state index contributed by atoms with van der Waals surface area (Å²) in [5.74, 6) is 0. The number of amides is 2. The minimum atomic E-state index is -0.489. The Kier molecular flexibility index (Phi) is 5.85. The van der Waals surface area contributed by atoms with Crippen LogP contribution in [-0.2, 0) is 0 Å². The van der Waals surface area contributed by atoms with Gasteiger partial charge in [0.1, 0.15) is 4.49 Å². The van der Waals surface area contributed by atoms with E-state index in [4.69, 9.17) is 28.9 Å². The van der Waals surface area contributed by atoms with Crippen molar-refractivity contribution in [2.75, 3.05) is 0 Å². The predicted molar refractivity (Wildman–Crippen MR) is 69.8 cm³/mol. The number of thiocarbonyl (C=S) groups is 1. The van der Waals surface area contributed by atoms with E-state index in [0.29, 0.717) is 0 Å². The van der Waals surface area contributed by atoms with Gasteiger partial charge in [-0.05, 0) is 33.0 Å². The molecule has 0 atom stereocenters. The lowest BCUT2D eigenvalue weighted by atomic mass is 10.1. The number of carbonyl (C=O) groups excluding carboxylic acids is 1. The van der Waals surface area contributed by atoms with Gasteiger partial charge in [-0.3, -0.25) is 10.3 Å². The van der Waals surface area contributed by atoms with E-state index in [9.17, 15) is 4.79 Å². The van der Waals surface area contributed by atoms with Crippen LogP contribution in [-0.4, -0.2) is 21.6 Å². The molecule has 0 bridgehead atoms. The Bertz CT molecular complexity index is 310. The average molecular weight is 285 g/mol. The molecule has 0 saturated heterocycles. The Morgan fingerprint density at radius 3 is 2.19 bits per heavy atom. The Labute approximate surface area is 110 Å². The fraction of sp³-hybridized carbons (Fsp3) is 0.500. The van der Waals surface area contributed by atoms with Crippen molar-refractivity contribution in [2.24, 2.45) is 5.73 Å². The molecule has 0 rings (SSSR count). The van der Waals surface area contributed by atoms with Crippen LogP contribution < -0.4 is 16.6 Å². The lowest BCUT2D eigenvalue weighted by Gasteiger charge is -2.32. The highest BCUT2D eigenvalue weighted by molar-refractivity contribution is 7.80. The Morgan fingerprint density at radius 1 is 1.38 bits per heavy atom. The number of nitrogens with zero attached hydrogens (tertiary/aromatic N) is 1. The van der Waals surface area contributed by atoms with Gasteiger partial charge in [-0.2, -0.15) is 0 Å². The van der Waals surface area contributed by atoms with Crippen LogP contribution in [0, 0.1) is 0 Å². The van der Waals surface area contributed by atoms with E-state index in [-0.39, 0.29) is 9.60 Å². The van der Waals surface area contributed by atoms with Crippen molar-refractivity contribution in [3.05, 3.63) is 10.7 Å². The molecule has 0 fully saturated rings. The van der Waals surface area contributed by atoms with E-state index in [1.807, 2.05) is 20.8 Å². The first-order valence-electron chi connectivity index (χ1n) is 4.32. The quantitative estimate of drug-likeness (QED) is 0.508. The summed E-state index contributed by atoms with van der Waals surface area (Å²) in [4.78, 5) is 13.0. The van der Waals surface area contributed by atoms with Crippen molar-refractivity contribution in [3.63, 3.8) is 0 Å². The zero-order valence-corrected chi connectivity index (χ0v) is 11.5. The predicted octanol–water partition coefficient (Wildman–Crippen LogP) is 1.82. The maximum atomic E-state index is 11.7. The van der Waals surface area contributed by atoms with Gasteiger partial charge < -0.3 is 5.73 Å². The summed E-state index contributed by atoms with van der Waals surface area (Å²) < 4.78 is -0.0274. The van der Waals surface area contributed by atoms with E-state index < -0.39 is 11.6 Å². The van der Waals surface area contributed by atoms with Crippen LogP contribution in [0.25, 0.3) is 0 Å². The number of rotatable bonds is 1. The van der Waals surface area contributed by atoms with E-state index in [2.05, 4.69) is 23.1 Å². The first kappa shape index (κ1) is 15.3. The van der Waals surface area contributed by atoms with E-state index in [1.54, 1.807) is 0 Å². The fourth-order valence-corrected chi connectivity index (χ4v) is 1.08. The fourth-order valence-electron chi connectivity index (χ4n) is 0.830. The lowest BCUT2D eigenvalue weighted by Crippen LogP contribution is -2.53. The van der Waals surface area contributed by atoms with Gasteiger partial charge in [-0.1, -0.05) is 23.2 Å². The Hall–Kier alpha value is -0.720. The van der Waals surface area contributed by atoms with E-state index >= 15 is 0 Å². The minimum Gasteiger partial charge on any atom is -0.375 e. The molecular formula is C8H14Cl2N4OS. The molecule has 0 aliphatic carbocycles. The third-order valence-corrected chi connectivity index (χ3v) is 1.76. The van der Waals surface area contributed by atoms with Gasteiger partial charge in [0.05, 0.1) is 0 Å². The number of hydrazine groups is 1. The standard InChI is InChI=1S/C8H14Cl2N4OS/c1-8(2,3)14(4-5(9)10)7(15)13-12-6(11)16/h4H,1-3H3,(H,13,15)(H3,11,12,16). The molecule has 0 spiro atoms. The second kappa shape index (κ2) is 6.12. The normalized spacial score (nSPS) is 10.3. The molecule has 0 aromatic carbocycles. The van der Waals surface area contributed by atoms with Gasteiger partial charge in [0.15, 0.2) is 5.11 Å². The maximum absolute atomic E-state index is 11.7. The maximum Gasteiger partial charge on any atom is 0.340 e. The number of carbonyl (C=O) groups is 1. The number of urea groups is 1. The van der Waals surface area contributed by atoms with Crippen LogP contribution in [0.3, 0.4) is 0 Å². The van der Waals surface area contributed by atoms with E-state index in [1.165, 1.54) is 11.1 Å². The molecule has 0 unspecified atom stereocenters. The molecule has 0 aliphatic rings. The lowest BCUT2D eigenvalue weighted by molar-refractivity contribution is 0.177. The van der Waals surface area contributed by atoms with Crippen LogP contribution in [0.2, 0.25) is 0 Å². The highest BCUT2D eigenvalue weighted by Gasteiger charge is 2.25. The minimum absolute atomic E-state index is 0.0274. The second-order valence-corrected chi connectivity index (χ2v) is 5.33. The molecule has 0 saturated carbocycles. The first-order valence-corrected chi connectivity index (χ1v) is 5.48. The highest BCUT2D eigenvalue weighted by Crippen LogP contribution is 2.18. The summed E-state index contributed by atoms with van der Waals surface area (Å²) >= 11 is 15.6. The van der Waals surface area contributed by atoms with Gasteiger partial charge in [0.2, 0.25) is 0 Å². The summed E-state index contributed by atoms with van der Waals surface area (Å²) in [5, 5.41) is -0.0387. The summed E-state index contributed by atoms with van der Waals surface area (Å²) in [6.45, 7) is 5.46. The third kappa shape index (κ3) is 5.99. The zero-order valence-electron chi connectivity index (χ0n) is 9.17. The van der Waals surface area contributed by atoms with Crippen LogP contribution in [0.4, 0.5) is 4.79 Å². The molecule has 0 heterocycles. The van der Waals surface area contributed by atoms with Crippen LogP contribution in [0.15, 0.2) is 10.7 Å². The molecule has 0 aromatic rings. The SMILES string of the molecule is CC(C)(C)N(C=C(Cl)Cl)C(=O)NNC(N)=S. The summed E-state index contributed by atoms with van der Waals surface area (Å²) in [6.07, 6.45) is 1.31. The van der Waals surface area contributed by atoms with Gasteiger partial charge in [0, 0.05) is 11.7 Å². The summed E-state index contributed by atoms with van der Waals surface area (Å²) in [7, 11) is 0. The largest absolute Gasteiger partial charge is 0.375 e. The summed E-state index contributed by atoms with van der Waals surface area (Å²) in [5.41, 5.74) is 9.31. The van der Waals surface area contributed by atoms with Crippen molar-refractivity contribution in [2.45, 2.75) is 26.3 Å². The van der Waals surface area contributed by atoms with Gasteiger partial charge >= 0.3 is 6.03 Å². The smallest absolute Gasteiger partial charge is 0.340 e. The molecule has 16 heavy (non-hydrogen) atoms. The number of nitrogens with two attached hydrogens (primary N) is 1. The average Bonchev–Trinajstić information content (AvgIpc) is 2.08. The molecule has 0 radical (unpaired) electrons. The van der Waals surface area contributed by atoms with Crippen molar-refractivity contribution in [3.8, 4) is 0 Å². The number of hydrogen-bond acceptors (Lipinski definition) is 2. The number of nitrogens with one attached hydrogen (secondary N) is 2. The van der Waals surface area contributed by atoms with Gasteiger partial charge in [-0.25, -0.2) is 10.2 Å². The van der Waals surface area contributed by atoms with Crippen LogP contribution in [0.1, 0.15) is 20.8 Å². The van der Waals surface area contributed by atoms with Gasteiger partial charge in [0.25, 0.3) is 0 Å². The molecule has 2 amide bonds. The third-order valence-electron chi connectivity index (χ3n) is 1.46. The molecule has 8 heteroatoms. The Morgan fingerprint density at radius 2 is 1.88 bits per heavy atom. The van der Waals surface area contributed by atoms with Crippen LogP contribution >= 0.6 is 35.4 Å². The molecular weight excluding hydrogens is 271 g/mol. The van der Waals surface area contributed by atoms with Gasteiger partial charge in [-0.15, -0.1) is 0 Å². The second-order valence-electron chi connectivity index (χ2n) is 3.88. The van der Waals surface area contributed by atoms with Crippen molar-refractivity contribution < 1.29 is 4.79 Å². The molecule has 4 N–H and O–H groups in total. The summed E-state index contributed by atoms with van der Waals surface area (Å²) in [6, 6.07) is -0.473. The van der Waals surface area contributed by atoms with Crippen molar-refractivity contribution in [1.29, 1.82) is 0 Å². The molecule has 0 aromatic heterocycles. The number of hydrogen-bond donors (Lipinski definition) is 3. The highest BCUT2D eigenvalue weighted by atomic mass is 35.5. The molecule has 5 nitrogen and oxygen atoms in total. The van der Waals surface area contributed by atoms with E-state index in [0.717, 1.165) is 0 Å². The zero-order chi connectivity index (χ0) is 12.9. The Balaban J connectivity index is 4.72. The monoisotopic (exact) mass is 284 g/mol. The van der Waals surface area contributed by atoms with Crippen LogP contribution in [0.5, 0.6) is 0 Å². The number of halogens is 2. The van der Waals surface area contributed by atoms with Crippen molar-refractivity contribution >= 4 is 46.6 Å². The topological polar surface area (TPSA) is 70.4 Å².